The van der Waals surface area contributed by atoms with Crippen LogP contribution in [0.25, 0.3) is 0 Å². The molecule has 10 heteroatoms. The van der Waals surface area contributed by atoms with Gasteiger partial charge in [0.2, 0.25) is 0 Å². The largest absolute Gasteiger partial charge is 0.416 e. The van der Waals surface area contributed by atoms with Crippen molar-refractivity contribution in [2.75, 3.05) is 0 Å². The summed E-state index contributed by atoms with van der Waals surface area (Å²) in [6.45, 7) is 4.51. The van der Waals surface area contributed by atoms with Crippen LogP contribution in [0.1, 0.15) is 47.2 Å². The first-order chi connectivity index (χ1) is 17.1. The highest BCUT2D eigenvalue weighted by atomic mass is 19.4. The summed E-state index contributed by atoms with van der Waals surface area (Å²) < 4.78 is 97.2. The van der Waals surface area contributed by atoms with Gasteiger partial charge in [0.05, 0.1) is 16.7 Å². The SMILES string of the molecule is Cc1ccc(C(Cc2ccccc2)(NC(=O)NC(C)C)c2cc(F)cc(C(F)(F)F)c2)cc1C(F)(F)F. The van der Waals surface area contributed by atoms with E-state index < -0.39 is 46.9 Å². The number of carbonyl (C=O) groups is 1. The highest BCUT2D eigenvalue weighted by Gasteiger charge is 2.42. The van der Waals surface area contributed by atoms with Crippen molar-refractivity contribution in [1.82, 2.24) is 10.6 Å². The van der Waals surface area contributed by atoms with E-state index in [9.17, 15) is 35.5 Å². The predicted octanol–water partition coefficient (Wildman–Crippen LogP) is 7.37. The number of nitrogens with one attached hydrogen (secondary N) is 2. The first-order valence-electron chi connectivity index (χ1n) is 11.3. The molecule has 1 unspecified atom stereocenters. The molecule has 3 rings (SSSR count). The predicted molar refractivity (Wildman–Crippen MR) is 125 cm³/mol. The summed E-state index contributed by atoms with van der Waals surface area (Å²) in [6, 6.07) is 11.9. The zero-order valence-electron chi connectivity index (χ0n) is 20.2. The minimum absolute atomic E-state index is 0.119. The number of aryl methyl sites for hydroxylation is 1. The van der Waals surface area contributed by atoms with Gasteiger partial charge in [-0.25, -0.2) is 9.18 Å². The maximum Gasteiger partial charge on any atom is 0.416 e. The number of urea groups is 1. The number of halogens is 7. The van der Waals surface area contributed by atoms with Gasteiger partial charge in [0.15, 0.2) is 0 Å². The lowest BCUT2D eigenvalue weighted by Crippen LogP contribution is -2.53. The molecule has 0 aliphatic rings. The molecule has 0 aromatic heterocycles. The molecular weight excluding hydrogens is 501 g/mol. The lowest BCUT2D eigenvalue weighted by molar-refractivity contribution is -0.138. The summed E-state index contributed by atoms with van der Waals surface area (Å²) >= 11 is 0. The molecule has 37 heavy (non-hydrogen) atoms. The zero-order chi connectivity index (χ0) is 27.6. The molecular formula is C27H25F7N2O. The van der Waals surface area contributed by atoms with Gasteiger partial charge in [0.25, 0.3) is 0 Å². The van der Waals surface area contributed by atoms with E-state index in [0.29, 0.717) is 17.7 Å². The quantitative estimate of drug-likeness (QED) is 0.324. The Bertz CT molecular complexity index is 1250. The number of benzene rings is 3. The van der Waals surface area contributed by atoms with Gasteiger partial charge in [-0.3, -0.25) is 0 Å². The third-order valence-corrected chi connectivity index (χ3v) is 5.81. The van der Waals surface area contributed by atoms with Gasteiger partial charge in [0.1, 0.15) is 5.82 Å². The van der Waals surface area contributed by atoms with Gasteiger partial charge < -0.3 is 10.6 Å². The summed E-state index contributed by atoms with van der Waals surface area (Å²) in [4.78, 5) is 13.0. The number of amides is 2. The molecule has 0 aliphatic heterocycles. The van der Waals surface area contributed by atoms with Crippen LogP contribution in [0.3, 0.4) is 0 Å². The van der Waals surface area contributed by atoms with Crippen LogP contribution in [-0.4, -0.2) is 12.1 Å². The average Bonchev–Trinajstić information content (AvgIpc) is 2.77. The zero-order valence-corrected chi connectivity index (χ0v) is 20.2. The lowest BCUT2D eigenvalue weighted by atomic mass is 9.76. The van der Waals surface area contributed by atoms with Gasteiger partial charge in [-0.15, -0.1) is 0 Å². The molecule has 2 N–H and O–H groups in total. The molecule has 0 spiro atoms. The van der Waals surface area contributed by atoms with E-state index in [0.717, 1.165) is 12.1 Å². The standard InChI is InChI=1S/C27H25F7N2O/c1-16(2)35-24(37)36-25(15-18-7-5-4-6-8-18,19-10-9-17(3)23(14-19)27(32,33)34)20-11-21(26(29,30)31)13-22(28)12-20/h4-14,16H,15H2,1-3H3,(H2,35,36,37). The molecule has 0 saturated heterocycles. The van der Waals surface area contributed by atoms with Crippen molar-refractivity contribution in [2.45, 2.75) is 51.1 Å². The fourth-order valence-corrected chi connectivity index (χ4v) is 4.15. The van der Waals surface area contributed by atoms with E-state index in [1.807, 2.05) is 0 Å². The normalized spacial score (nSPS) is 13.8. The Morgan fingerprint density at radius 1 is 0.811 bits per heavy atom. The van der Waals surface area contributed by atoms with Gasteiger partial charge in [-0.2, -0.15) is 26.3 Å². The molecule has 0 aliphatic carbocycles. The summed E-state index contributed by atoms with van der Waals surface area (Å²) in [7, 11) is 0. The van der Waals surface area contributed by atoms with Crippen LogP contribution in [0.4, 0.5) is 35.5 Å². The molecule has 3 aromatic carbocycles. The van der Waals surface area contributed by atoms with Crippen molar-refractivity contribution in [3.8, 4) is 0 Å². The number of alkyl halides is 6. The van der Waals surface area contributed by atoms with Crippen LogP contribution in [-0.2, 0) is 24.3 Å². The van der Waals surface area contributed by atoms with Crippen LogP contribution >= 0.6 is 0 Å². The Morgan fingerprint density at radius 3 is 2.00 bits per heavy atom. The molecule has 0 saturated carbocycles. The van der Waals surface area contributed by atoms with Gasteiger partial charge >= 0.3 is 18.4 Å². The van der Waals surface area contributed by atoms with Gasteiger partial charge in [-0.1, -0.05) is 42.5 Å². The van der Waals surface area contributed by atoms with Crippen LogP contribution in [0.15, 0.2) is 66.7 Å². The Hall–Kier alpha value is -3.56. The van der Waals surface area contributed by atoms with Gasteiger partial charge in [0, 0.05) is 12.5 Å². The fourth-order valence-electron chi connectivity index (χ4n) is 4.15. The van der Waals surface area contributed by atoms with Crippen molar-refractivity contribution >= 4 is 6.03 Å². The minimum atomic E-state index is -4.94. The Kier molecular flexibility index (Phi) is 7.90. The van der Waals surface area contributed by atoms with Crippen molar-refractivity contribution < 1.29 is 35.5 Å². The third-order valence-electron chi connectivity index (χ3n) is 5.81. The summed E-state index contributed by atoms with van der Waals surface area (Å²) in [5.41, 5.74) is -4.52. The molecule has 0 fully saturated rings. The first-order valence-corrected chi connectivity index (χ1v) is 11.3. The first kappa shape index (κ1) is 28.0. The average molecular weight is 526 g/mol. The lowest BCUT2D eigenvalue weighted by Gasteiger charge is -2.37. The van der Waals surface area contributed by atoms with Crippen molar-refractivity contribution in [3.05, 3.63) is 106 Å². The molecule has 2 amide bonds. The fraction of sp³-hybridized carbons (Fsp3) is 0.296. The number of carbonyl (C=O) groups excluding carboxylic acids is 1. The molecule has 0 radical (unpaired) electrons. The van der Waals surface area contributed by atoms with E-state index >= 15 is 0 Å². The van der Waals surface area contributed by atoms with Crippen LogP contribution < -0.4 is 10.6 Å². The van der Waals surface area contributed by atoms with Crippen molar-refractivity contribution in [1.29, 1.82) is 0 Å². The maximum absolute atomic E-state index is 14.6. The molecule has 3 aromatic rings. The Labute approximate surface area is 209 Å². The number of rotatable bonds is 6. The second-order valence-electron chi connectivity index (χ2n) is 9.07. The highest BCUT2D eigenvalue weighted by molar-refractivity contribution is 5.76. The second kappa shape index (κ2) is 10.4. The van der Waals surface area contributed by atoms with Crippen LogP contribution in [0.5, 0.6) is 0 Å². The molecule has 3 nitrogen and oxygen atoms in total. The van der Waals surface area contributed by atoms with Gasteiger partial charge in [-0.05, 0) is 67.3 Å². The Balaban J connectivity index is 2.40. The minimum Gasteiger partial charge on any atom is -0.336 e. The Morgan fingerprint density at radius 2 is 1.43 bits per heavy atom. The van der Waals surface area contributed by atoms with Crippen LogP contribution in [0, 0.1) is 12.7 Å². The number of hydrogen-bond donors (Lipinski definition) is 2. The number of hydrogen-bond acceptors (Lipinski definition) is 1. The molecule has 1 atom stereocenters. The second-order valence-corrected chi connectivity index (χ2v) is 9.07. The van der Waals surface area contributed by atoms with E-state index in [1.54, 1.807) is 44.2 Å². The molecule has 0 heterocycles. The van der Waals surface area contributed by atoms with E-state index in [2.05, 4.69) is 10.6 Å². The molecule has 198 valence electrons. The highest BCUT2D eigenvalue weighted by Crippen LogP contribution is 2.41. The van der Waals surface area contributed by atoms with E-state index in [4.69, 9.17) is 0 Å². The van der Waals surface area contributed by atoms with Crippen molar-refractivity contribution in [2.24, 2.45) is 0 Å². The van der Waals surface area contributed by atoms with E-state index in [-0.39, 0.29) is 23.1 Å². The van der Waals surface area contributed by atoms with Crippen LogP contribution in [0.2, 0.25) is 0 Å². The van der Waals surface area contributed by atoms with Crippen molar-refractivity contribution in [3.63, 3.8) is 0 Å². The maximum atomic E-state index is 14.6. The van der Waals surface area contributed by atoms with E-state index in [1.165, 1.54) is 19.1 Å². The summed E-state index contributed by atoms with van der Waals surface area (Å²) in [6.07, 6.45) is -9.99. The monoisotopic (exact) mass is 526 g/mol. The molecule has 0 bridgehead atoms. The topological polar surface area (TPSA) is 41.1 Å². The third kappa shape index (κ3) is 6.61. The summed E-state index contributed by atoms with van der Waals surface area (Å²) in [5.74, 6) is -1.25. The smallest absolute Gasteiger partial charge is 0.336 e. The summed E-state index contributed by atoms with van der Waals surface area (Å²) in [5, 5.41) is 5.15.